The molecule has 0 aliphatic heterocycles. The molecular weight excluding hydrogens is 388 g/mol. The number of sulfonamides is 1. The highest BCUT2D eigenvalue weighted by Gasteiger charge is 2.22. The fraction of sp³-hybridized carbons (Fsp3) is 0.238. The summed E-state index contributed by atoms with van der Waals surface area (Å²) in [6.45, 7) is 6.25. The number of rotatable bonds is 7. The lowest BCUT2D eigenvalue weighted by Gasteiger charge is -2.17. The Kier molecular flexibility index (Phi) is 6.01. The van der Waals surface area contributed by atoms with Crippen LogP contribution in [0.5, 0.6) is 11.8 Å². The van der Waals surface area contributed by atoms with Gasteiger partial charge in [0.2, 0.25) is 10.0 Å². The minimum atomic E-state index is -3.75. The highest BCUT2D eigenvalue weighted by molar-refractivity contribution is 7.89. The van der Waals surface area contributed by atoms with Crippen LogP contribution in [0.15, 0.2) is 59.6 Å². The zero-order valence-corrected chi connectivity index (χ0v) is 17.3. The fourth-order valence-electron chi connectivity index (χ4n) is 2.90. The standard InChI is InChI=1S/C21H22N4O3S/c1-4-25-20(14-23-21(25)28-18-9-5-15(2)6-10-18)16(3)24-29(26,27)19-11-7-17(13-22)8-12-19/h5-12,14,16,24H,4H2,1-3H3. The molecule has 0 spiro atoms. The molecule has 0 amide bonds. The molecule has 1 atom stereocenters. The van der Waals surface area contributed by atoms with Crippen molar-refractivity contribution in [2.24, 2.45) is 0 Å². The first-order valence-electron chi connectivity index (χ1n) is 9.16. The molecule has 150 valence electrons. The van der Waals surface area contributed by atoms with Crippen molar-refractivity contribution < 1.29 is 13.2 Å². The Morgan fingerprint density at radius 1 is 1.17 bits per heavy atom. The molecule has 29 heavy (non-hydrogen) atoms. The quantitative estimate of drug-likeness (QED) is 0.637. The largest absolute Gasteiger partial charge is 0.426 e. The molecule has 0 fully saturated rings. The average Bonchev–Trinajstić information content (AvgIpc) is 3.12. The Balaban J connectivity index is 1.81. The molecule has 7 nitrogen and oxygen atoms in total. The number of ether oxygens (including phenoxy) is 1. The number of nitrogens with zero attached hydrogens (tertiary/aromatic N) is 3. The van der Waals surface area contributed by atoms with Gasteiger partial charge in [0, 0.05) is 6.54 Å². The number of nitrogens with one attached hydrogen (secondary N) is 1. The van der Waals surface area contributed by atoms with E-state index in [0.717, 1.165) is 5.56 Å². The smallest absolute Gasteiger partial charge is 0.302 e. The van der Waals surface area contributed by atoms with Crippen LogP contribution in [0.3, 0.4) is 0 Å². The van der Waals surface area contributed by atoms with Gasteiger partial charge in [-0.15, -0.1) is 0 Å². The average molecular weight is 410 g/mol. The van der Waals surface area contributed by atoms with Crippen LogP contribution in [0.2, 0.25) is 0 Å². The van der Waals surface area contributed by atoms with E-state index in [2.05, 4.69) is 9.71 Å². The molecule has 0 bridgehead atoms. The van der Waals surface area contributed by atoms with Crippen LogP contribution < -0.4 is 9.46 Å². The number of hydrogen-bond acceptors (Lipinski definition) is 5. The molecule has 1 heterocycles. The fourth-order valence-corrected chi connectivity index (χ4v) is 4.11. The van der Waals surface area contributed by atoms with Gasteiger partial charge in [-0.25, -0.2) is 18.1 Å². The third-order valence-electron chi connectivity index (χ3n) is 4.47. The highest BCUT2D eigenvalue weighted by Crippen LogP contribution is 2.26. The van der Waals surface area contributed by atoms with E-state index in [4.69, 9.17) is 10.00 Å². The zero-order valence-electron chi connectivity index (χ0n) is 16.5. The number of aryl methyl sites for hydroxylation is 1. The lowest BCUT2D eigenvalue weighted by atomic mass is 10.2. The topological polar surface area (TPSA) is 97.0 Å². The molecule has 0 radical (unpaired) electrons. The molecule has 1 N–H and O–H groups in total. The summed E-state index contributed by atoms with van der Waals surface area (Å²) in [5.41, 5.74) is 2.22. The predicted octanol–water partition coefficient (Wildman–Crippen LogP) is 3.91. The van der Waals surface area contributed by atoms with Crippen molar-refractivity contribution >= 4 is 10.0 Å². The number of benzene rings is 2. The van der Waals surface area contributed by atoms with Crippen LogP contribution in [0.25, 0.3) is 0 Å². The maximum Gasteiger partial charge on any atom is 0.302 e. The first kappa shape index (κ1) is 20.6. The zero-order chi connectivity index (χ0) is 21.0. The molecule has 3 aromatic rings. The maximum absolute atomic E-state index is 12.7. The van der Waals surface area contributed by atoms with Crippen molar-refractivity contribution in [2.45, 2.75) is 38.3 Å². The van der Waals surface area contributed by atoms with Gasteiger partial charge < -0.3 is 4.74 Å². The summed E-state index contributed by atoms with van der Waals surface area (Å²) in [6.07, 6.45) is 1.61. The predicted molar refractivity (Wildman–Crippen MR) is 109 cm³/mol. The molecule has 0 saturated heterocycles. The summed E-state index contributed by atoms with van der Waals surface area (Å²) in [7, 11) is -3.75. The second-order valence-corrected chi connectivity index (χ2v) is 8.32. The lowest BCUT2D eigenvalue weighted by Crippen LogP contribution is -2.28. The van der Waals surface area contributed by atoms with Crippen molar-refractivity contribution in [3.8, 4) is 17.8 Å². The third-order valence-corrected chi connectivity index (χ3v) is 6.02. The van der Waals surface area contributed by atoms with E-state index in [-0.39, 0.29) is 4.90 Å². The van der Waals surface area contributed by atoms with E-state index < -0.39 is 16.1 Å². The number of nitriles is 1. The van der Waals surface area contributed by atoms with Gasteiger partial charge in [0.05, 0.1) is 34.5 Å². The Labute approximate surface area is 170 Å². The van der Waals surface area contributed by atoms with Gasteiger partial charge in [-0.3, -0.25) is 4.57 Å². The molecule has 0 aliphatic rings. The molecule has 2 aromatic carbocycles. The number of aromatic nitrogens is 2. The van der Waals surface area contributed by atoms with E-state index in [0.29, 0.717) is 29.6 Å². The molecule has 3 rings (SSSR count). The van der Waals surface area contributed by atoms with Crippen LogP contribution in [0.4, 0.5) is 0 Å². The van der Waals surface area contributed by atoms with Crippen LogP contribution >= 0.6 is 0 Å². The summed E-state index contributed by atoms with van der Waals surface area (Å²) in [4.78, 5) is 4.42. The van der Waals surface area contributed by atoms with E-state index >= 15 is 0 Å². The summed E-state index contributed by atoms with van der Waals surface area (Å²) < 4.78 is 35.7. The van der Waals surface area contributed by atoms with Crippen molar-refractivity contribution in [1.29, 1.82) is 5.26 Å². The van der Waals surface area contributed by atoms with Gasteiger partial charge in [-0.1, -0.05) is 17.7 Å². The Morgan fingerprint density at radius 3 is 2.41 bits per heavy atom. The van der Waals surface area contributed by atoms with Gasteiger partial charge in [0.1, 0.15) is 5.75 Å². The van der Waals surface area contributed by atoms with Crippen molar-refractivity contribution in [2.75, 3.05) is 0 Å². The van der Waals surface area contributed by atoms with Crippen molar-refractivity contribution in [3.05, 3.63) is 71.5 Å². The number of hydrogen-bond donors (Lipinski definition) is 1. The van der Waals surface area contributed by atoms with E-state index in [1.165, 1.54) is 24.3 Å². The molecule has 1 aromatic heterocycles. The van der Waals surface area contributed by atoms with Gasteiger partial charge in [-0.2, -0.15) is 5.26 Å². The van der Waals surface area contributed by atoms with Crippen LogP contribution in [0.1, 0.15) is 36.7 Å². The molecule has 0 saturated carbocycles. The van der Waals surface area contributed by atoms with Crippen LogP contribution in [-0.2, 0) is 16.6 Å². The highest BCUT2D eigenvalue weighted by atomic mass is 32.2. The lowest BCUT2D eigenvalue weighted by molar-refractivity contribution is 0.408. The molecule has 8 heteroatoms. The molecule has 0 aliphatic carbocycles. The first-order chi connectivity index (χ1) is 13.8. The summed E-state index contributed by atoms with van der Waals surface area (Å²) in [5, 5.41) is 8.87. The first-order valence-corrected chi connectivity index (χ1v) is 10.6. The Bertz CT molecular complexity index is 1130. The van der Waals surface area contributed by atoms with Gasteiger partial charge in [-0.05, 0) is 57.2 Å². The minimum absolute atomic E-state index is 0.0991. The van der Waals surface area contributed by atoms with Crippen molar-refractivity contribution in [1.82, 2.24) is 14.3 Å². The second-order valence-electron chi connectivity index (χ2n) is 6.60. The summed E-state index contributed by atoms with van der Waals surface area (Å²) in [6, 6.07) is 15.2. The molecule has 1 unspecified atom stereocenters. The Morgan fingerprint density at radius 2 is 1.83 bits per heavy atom. The SMILES string of the molecule is CCn1c(C(C)NS(=O)(=O)c2ccc(C#N)cc2)cnc1Oc1ccc(C)cc1. The van der Waals surface area contributed by atoms with Crippen LogP contribution in [0, 0.1) is 18.3 Å². The van der Waals surface area contributed by atoms with Gasteiger partial charge in [0.25, 0.3) is 0 Å². The second kappa shape index (κ2) is 8.47. The monoisotopic (exact) mass is 410 g/mol. The normalized spacial score (nSPS) is 12.3. The van der Waals surface area contributed by atoms with E-state index in [1.54, 1.807) is 13.1 Å². The van der Waals surface area contributed by atoms with E-state index in [9.17, 15) is 8.42 Å². The molecular formula is C21H22N4O3S. The van der Waals surface area contributed by atoms with Crippen molar-refractivity contribution in [3.63, 3.8) is 0 Å². The number of imidazole rings is 1. The Hall–Kier alpha value is -3.15. The minimum Gasteiger partial charge on any atom is -0.426 e. The summed E-state index contributed by atoms with van der Waals surface area (Å²) in [5.74, 6) is 0.660. The van der Waals surface area contributed by atoms with Gasteiger partial charge in [0.15, 0.2) is 0 Å². The van der Waals surface area contributed by atoms with Crippen LogP contribution in [-0.4, -0.2) is 18.0 Å². The van der Waals surface area contributed by atoms with Gasteiger partial charge >= 0.3 is 6.01 Å². The van der Waals surface area contributed by atoms with E-state index in [1.807, 2.05) is 48.7 Å². The summed E-state index contributed by atoms with van der Waals surface area (Å²) >= 11 is 0. The maximum atomic E-state index is 12.7. The third kappa shape index (κ3) is 4.65.